The molecule has 21 heavy (non-hydrogen) atoms. The minimum absolute atomic E-state index is 0.0107. The second-order valence-corrected chi connectivity index (χ2v) is 7.43. The van der Waals surface area contributed by atoms with Crippen LogP contribution in [-0.4, -0.2) is 50.7 Å². The van der Waals surface area contributed by atoms with E-state index in [1.165, 1.54) is 5.06 Å². The fourth-order valence-electron chi connectivity index (χ4n) is 2.88. The van der Waals surface area contributed by atoms with Gasteiger partial charge in [-0.1, -0.05) is 22.6 Å². The van der Waals surface area contributed by atoms with Crippen LogP contribution in [0.15, 0.2) is 0 Å². The highest BCUT2D eigenvalue weighted by Crippen LogP contribution is 2.43. The van der Waals surface area contributed by atoms with Crippen LogP contribution in [0, 0.1) is 5.92 Å². The highest BCUT2D eigenvalue weighted by atomic mass is 127. The van der Waals surface area contributed by atoms with Crippen LogP contribution < -0.4 is 10.6 Å². The SMILES string of the molecule is CC1(C)CC(C(=O)NCCCNC(=O)CI)C(C)(C)N1O. The third-order valence-electron chi connectivity index (χ3n) is 4.09. The fourth-order valence-corrected chi connectivity index (χ4v) is 3.14. The predicted molar refractivity (Wildman–Crippen MR) is 89.4 cm³/mol. The molecule has 1 aliphatic rings. The van der Waals surface area contributed by atoms with Gasteiger partial charge in [-0.2, -0.15) is 5.06 Å². The molecule has 122 valence electrons. The molecular weight excluding hydrogens is 385 g/mol. The summed E-state index contributed by atoms with van der Waals surface area (Å²) in [5.74, 6) is -0.275. The number of carbonyl (C=O) groups is 2. The van der Waals surface area contributed by atoms with Gasteiger partial charge in [0.2, 0.25) is 11.8 Å². The Hall–Kier alpha value is -0.410. The number of halogens is 1. The second-order valence-electron chi connectivity index (χ2n) is 6.66. The molecule has 0 spiro atoms. The van der Waals surface area contributed by atoms with E-state index in [9.17, 15) is 14.8 Å². The molecule has 1 saturated heterocycles. The molecular formula is C14H26IN3O3. The zero-order valence-electron chi connectivity index (χ0n) is 13.2. The summed E-state index contributed by atoms with van der Waals surface area (Å²) in [4.78, 5) is 23.4. The number of amides is 2. The lowest BCUT2D eigenvalue weighted by molar-refractivity contribution is -0.197. The molecule has 1 heterocycles. The van der Waals surface area contributed by atoms with Crippen molar-refractivity contribution in [1.29, 1.82) is 0 Å². The van der Waals surface area contributed by atoms with Crippen molar-refractivity contribution >= 4 is 34.4 Å². The van der Waals surface area contributed by atoms with E-state index in [-0.39, 0.29) is 17.7 Å². The summed E-state index contributed by atoms with van der Waals surface area (Å²) in [5.41, 5.74) is -0.983. The van der Waals surface area contributed by atoms with E-state index in [2.05, 4.69) is 10.6 Å². The monoisotopic (exact) mass is 411 g/mol. The van der Waals surface area contributed by atoms with Crippen LogP contribution in [0.5, 0.6) is 0 Å². The zero-order chi connectivity index (χ0) is 16.3. The normalized spacial score (nSPS) is 23.8. The summed E-state index contributed by atoms with van der Waals surface area (Å²) in [6, 6.07) is 0. The van der Waals surface area contributed by atoms with Gasteiger partial charge in [-0.25, -0.2) is 0 Å². The highest BCUT2D eigenvalue weighted by molar-refractivity contribution is 14.1. The van der Waals surface area contributed by atoms with Gasteiger partial charge in [0, 0.05) is 18.6 Å². The number of hydroxylamine groups is 2. The summed E-state index contributed by atoms with van der Waals surface area (Å²) < 4.78 is 0.446. The number of hydrogen-bond donors (Lipinski definition) is 3. The Morgan fingerprint density at radius 2 is 1.81 bits per heavy atom. The molecule has 7 heteroatoms. The van der Waals surface area contributed by atoms with E-state index in [1.807, 2.05) is 50.3 Å². The van der Waals surface area contributed by atoms with E-state index in [1.54, 1.807) is 0 Å². The fraction of sp³-hybridized carbons (Fsp3) is 0.857. The lowest BCUT2D eigenvalue weighted by Gasteiger charge is -2.35. The Morgan fingerprint density at radius 3 is 2.29 bits per heavy atom. The Kier molecular flexibility index (Phi) is 6.42. The van der Waals surface area contributed by atoms with Crippen molar-refractivity contribution in [2.75, 3.05) is 17.5 Å². The Balaban J connectivity index is 2.41. The van der Waals surface area contributed by atoms with Gasteiger partial charge in [0.25, 0.3) is 0 Å². The summed E-state index contributed by atoms with van der Waals surface area (Å²) in [5, 5.41) is 17.2. The standard InChI is InChI=1S/C14H26IN3O3/c1-13(2)8-10(14(3,4)18(13)21)12(20)17-7-5-6-16-11(19)9-15/h10,21H,5-9H2,1-4H3,(H,16,19)(H,17,20). The molecule has 1 unspecified atom stereocenters. The first-order chi connectivity index (χ1) is 9.63. The van der Waals surface area contributed by atoms with Crippen molar-refractivity contribution < 1.29 is 14.8 Å². The first-order valence-corrected chi connectivity index (χ1v) is 8.75. The lowest BCUT2D eigenvalue weighted by atomic mass is 9.86. The number of nitrogens with zero attached hydrogens (tertiary/aromatic N) is 1. The maximum Gasteiger partial charge on any atom is 0.229 e. The van der Waals surface area contributed by atoms with E-state index in [0.717, 1.165) is 0 Å². The molecule has 2 amide bonds. The third kappa shape index (κ3) is 4.53. The van der Waals surface area contributed by atoms with Crippen LogP contribution in [0.2, 0.25) is 0 Å². The zero-order valence-corrected chi connectivity index (χ0v) is 15.4. The molecule has 1 rings (SSSR count). The molecule has 0 saturated carbocycles. The maximum atomic E-state index is 12.3. The summed E-state index contributed by atoms with van der Waals surface area (Å²) in [7, 11) is 0. The molecule has 1 aliphatic heterocycles. The van der Waals surface area contributed by atoms with Gasteiger partial charge in [0.15, 0.2) is 0 Å². The minimum Gasteiger partial charge on any atom is -0.356 e. The molecule has 6 nitrogen and oxygen atoms in total. The third-order valence-corrected chi connectivity index (χ3v) is 4.78. The summed E-state index contributed by atoms with van der Waals surface area (Å²) in [6.45, 7) is 8.72. The molecule has 0 aliphatic carbocycles. The summed E-state index contributed by atoms with van der Waals surface area (Å²) >= 11 is 2.01. The average molecular weight is 411 g/mol. The topological polar surface area (TPSA) is 81.7 Å². The van der Waals surface area contributed by atoms with E-state index < -0.39 is 11.1 Å². The van der Waals surface area contributed by atoms with Gasteiger partial charge in [-0.3, -0.25) is 9.59 Å². The van der Waals surface area contributed by atoms with Crippen molar-refractivity contribution in [3.63, 3.8) is 0 Å². The van der Waals surface area contributed by atoms with Crippen molar-refractivity contribution in [2.45, 2.75) is 51.6 Å². The largest absolute Gasteiger partial charge is 0.356 e. The van der Waals surface area contributed by atoms with Crippen LogP contribution in [0.3, 0.4) is 0 Å². The van der Waals surface area contributed by atoms with E-state index >= 15 is 0 Å². The number of nitrogens with one attached hydrogen (secondary N) is 2. The smallest absolute Gasteiger partial charge is 0.229 e. The Morgan fingerprint density at radius 1 is 1.24 bits per heavy atom. The van der Waals surface area contributed by atoms with Crippen LogP contribution in [0.4, 0.5) is 0 Å². The van der Waals surface area contributed by atoms with Gasteiger partial charge in [-0.15, -0.1) is 0 Å². The number of hydrogen-bond acceptors (Lipinski definition) is 4. The van der Waals surface area contributed by atoms with Crippen LogP contribution >= 0.6 is 22.6 Å². The van der Waals surface area contributed by atoms with Gasteiger partial charge >= 0.3 is 0 Å². The molecule has 0 radical (unpaired) electrons. The lowest BCUT2D eigenvalue weighted by Crippen LogP contribution is -2.50. The van der Waals surface area contributed by atoms with Crippen molar-refractivity contribution in [2.24, 2.45) is 5.92 Å². The quantitative estimate of drug-likeness (QED) is 0.350. The van der Waals surface area contributed by atoms with Crippen molar-refractivity contribution in [3.05, 3.63) is 0 Å². The first-order valence-electron chi connectivity index (χ1n) is 7.22. The van der Waals surface area contributed by atoms with Crippen molar-refractivity contribution in [3.8, 4) is 0 Å². The molecule has 0 aromatic carbocycles. The first kappa shape index (κ1) is 18.6. The van der Waals surface area contributed by atoms with Crippen molar-refractivity contribution in [1.82, 2.24) is 15.7 Å². The van der Waals surface area contributed by atoms with Gasteiger partial charge in [0.1, 0.15) is 0 Å². The molecule has 3 N–H and O–H groups in total. The number of alkyl halides is 1. The summed E-state index contributed by atoms with van der Waals surface area (Å²) in [6.07, 6.45) is 1.32. The number of rotatable bonds is 6. The maximum absolute atomic E-state index is 12.3. The van der Waals surface area contributed by atoms with E-state index in [4.69, 9.17) is 0 Å². The molecule has 1 fully saturated rings. The van der Waals surface area contributed by atoms with Crippen LogP contribution in [0.25, 0.3) is 0 Å². The van der Waals surface area contributed by atoms with Gasteiger partial charge in [-0.05, 0) is 40.5 Å². The van der Waals surface area contributed by atoms with E-state index in [0.29, 0.717) is 30.4 Å². The van der Waals surface area contributed by atoms with Gasteiger partial charge < -0.3 is 15.8 Å². The van der Waals surface area contributed by atoms with Gasteiger partial charge in [0.05, 0.1) is 15.9 Å². The molecule has 0 aromatic rings. The van der Waals surface area contributed by atoms with Crippen LogP contribution in [-0.2, 0) is 9.59 Å². The molecule has 1 atom stereocenters. The molecule has 0 aromatic heterocycles. The Labute approximate surface area is 140 Å². The predicted octanol–water partition coefficient (Wildman–Crippen LogP) is 1.31. The minimum atomic E-state index is -0.580. The molecule has 0 bridgehead atoms. The second kappa shape index (κ2) is 7.23. The average Bonchev–Trinajstić information content (AvgIpc) is 2.58. The number of carbonyl (C=O) groups excluding carboxylic acids is 2. The Bertz CT molecular complexity index is 399. The van der Waals surface area contributed by atoms with Crippen LogP contribution in [0.1, 0.15) is 40.5 Å². The highest BCUT2D eigenvalue weighted by Gasteiger charge is 2.54.